The summed E-state index contributed by atoms with van der Waals surface area (Å²) in [5, 5.41) is 14.1. The van der Waals surface area contributed by atoms with Crippen LogP contribution in [0.2, 0.25) is 5.02 Å². The Kier molecular flexibility index (Phi) is 7.81. The van der Waals surface area contributed by atoms with Gasteiger partial charge in [0, 0.05) is 16.3 Å². The van der Waals surface area contributed by atoms with Gasteiger partial charge in [-0.2, -0.15) is 0 Å². The highest BCUT2D eigenvalue weighted by atomic mass is 35.5. The Morgan fingerprint density at radius 1 is 0.824 bits per heavy atom. The van der Waals surface area contributed by atoms with Crippen molar-refractivity contribution in [2.75, 3.05) is 11.9 Å². The summed E-state index contributed by atoms with van der Waals surface area (Å²) in [7, 11) is 0. The first-order valence-electron chi connectivity index (χ1n) is 10.8. The number of carbonyl (C=O) groups is 1. The van der Waals surface area contributed by atoms with Crippen molar-refractivity contribution in [3.05, 3.63) is 125 Å². The van der Waals surface area contributed by atoms with Gasteiger partial charge in [0.2, 0.25) is 0 Å². The van der Waals surface area contributed by atoms with Crippen LogP contribution in [0.5, 0.6) is 11.5 Å². The highest BCUT2D eigenvalue weighted by Gasteiger charge is 2.17. The molecule has 0 saturated heterocycles. The van der Waals surface area contributed by atoms with E-state index in [1.165, 1.54) is 0 Å². The topological polar surface area (TPSA) is 67.8 Å². The lowest BCUT2D eigenvalue weighted by atomic mass is 10.00. The van der Waals surface area contributed by atoms with Gasteiger partial charge in [0.05, 0.1) is 0 Å². The zero-order valence-corrected chi connectivity index (χ0v) is 19.1. The molecular weight excluding hydrogens is 450 g/mol. The molecule has 4 aromatic rings. The van der Waals surface area contributed by atoms with Crippen LogP contribution in [-0.4, -0.2) is 17.6 Å². The number of aliphatic hydroxyl groups excluding tert-OH is 1. The summed E-state index contributed by atoms with van der Waals surface area (Å²) in [5.41, 5.74) is 2.76. The molecule has 4 rings (SSSR count). The number of nitrogens with one attached hydrogen (secondary N) is 1. The van der Waals surface area contributed by atoms with E-state index in [-0.39, 0.29) is 12.5 Å². The summed E-state index contributed by atoms with van der Waals surface area (Å²) in [5.74, 6) is 0.900. The molecule has 0 spiro atoms. The Labute approximate surface area is 203 Å². The van der Waals surface area contributed by atoms with Gasteiger partial charge in [-0.15, -0.1) is 0 Å². The number of amides is 1. The van der Waals surface area contributed by atoms with E-state index >= 15 is 0 Å². The van der Waals surface area contributed by atoms with Gasteiger partial charge in [-0.05, 0) is 53.6 Å². The molecule has 2 N–H and O–H groups in total. The Balaban J connectivity index is 1.33. The molecule has 1 unspecified atom stereocenters. The second kappa shape index (κ2) is 11.4. The molecule has 0 fully saturated rings. The SMILES string of the molecule is O=C(COc1ccc(OCc2ccccc2)cc1)Nc1ccc(Cl)cc1C(O)c1ccccc1. The van der Waals surface area contributed by atoms with Crippen LogP contribution in [0, 0.1) is 0 Å². The number of hydrogen-bond donors (Lipinski definition) is 2. The maximum absolute atomic E-state index is 12.5. The quantitative estimate of drug-likeness (QED) is 0.312. The standard InChI is InChI=1S/C28H24ClNO4/c29-22-11-16-26(25(17-22)28(32)21-9-5-2-6-10-21)30-27(31)19-34-24-14-12-23(13-15-24)33-18-20-7-3-1-4-8-20/h1-17,28,32H,18-19H2,(H,30,31). The van der Waals surface area contributed by atoms with Gasteiger partial charge in [0.15, 0.2) is 6.61 Å². The van der Waals surface area contributed by atoms with Gasteiger partial charge in [-0.1, -0.05) is 72.3 Å². The van der Waals surface area contributed by atoms with Crippen LogP contribution in [0.4, 0.5) is 5.69 Å². The van der Waals surface area contributed by atoms with Crippen LogP contribution in [0.3, 0.4) is 0 Å². The lowest BCUT2D eigenvalue weighted by Gasteiger charge is -2.17. The number of carbonyl (C=O) groups excluding carboxylic acids is 1. The van der Waals surface area contributed by atoms with Crippen LogP contribution in [0.25, 0.3) is 0 Å². The smallest absolute Gasteiger partial charge is 0.262 e. The van der Waals surface area contributed by atoms with Crippen molar-refractivity contribution in [3.63, 3.8) is 0 Å². The maximum atomic E-state index is 12.5. The fourth-order valence-corrected chi connectivity index (χ4v) is 3.58. The van der Waals surface area contributed by atoms with Crippen LogP contribution < -0.4 is 14.8 Å². The monoisotopic (exact) mass is 473 g/mol. The third-order valence-electron chi connectivity index (χ3n) is 5.14. The average molecular weight is 474 g/mol. The van der Waals surface area contributed by atoms with Crippen molar-refractivity contribution in [2.24, 2.45) is 0 Å². The molecule has 0 radical (unpaired) electrons. The second-order valence-electron chi connectivity index (χ2n) is 7.63. The minimum absolute atomic E-state index is 0.187. The first kappa shape index (κ1) is 23.4. The molecule has 4 aromatic carbocycles. The average Bonchev–Trinajstić information content (AvgIpc) is 2.88. The number of halogens is 1. The largest absolute Gasteiger partial charge is 0.489 e. The predicted octanol–water partition coefficient (Wildman–Crippen LogP) is 6.02. The minimum atomic E-state index is -0.931. The fraction of sp³-hybridized carbons (Fsp3) is 0.107. The van der Waals surface area contributed by atoms with Crippen molar-refractivity contribution in [3.8, 4) is 11.5 Å². The molecule has 0 saturated carbocycles. The minimum Gasteiger partial charge on any atom is -0.489 e. The van der Waals surface area contributed by atoms with Crippen LogP contribution in [0.1, 0.15) is 22.8 Å². The van der Waals surface area contributed by atoms with E-state index in [9.17, 15) is 9.90 Å². The van der Waals surface area contributed by atoms with Gasteiger partial charge >= 0.3 is 0 Å². The summed E-state index contributed by atoms with van der Waals surface area (Å²) in [6, 6.07) is 31.1. The number of aliphatic hydroxyl groups is 1. The molecule has 1 atom stereocenters. The lowest BCUT2D eigenvalue weighted by molar-refractivity contribution is -0.118. The van der Waals surface area contributed by atoms with Crippen molar-refractivity contribution in [1.29, 1.82) is 0 Å². The number of hydrogen-bond acceptors (Lipinski definition) is 4. The van der Waals surface area contributed by atoms with Crippen molar-refractivity contribution >= 4 is 23.2 Å². The number of rotatable bonds is 9. The Hall–Kier alpha value is -3.80. The molecule has 6 heteroatoms. The zero-order chi connectivity index (χ0) is 23.8. The van der Waals surface area contributed by atoms with E-state index in [1.54, 1.807) is 42.5 Å². The van der Waals surface area contributed by atoms with Gasteiger partial charge < -0.3 is 19.9 Å². The molecule has 0 aliphatic rings. The molecule has 0 aliphatic heterocycles. The summed E-state index contributed by atoms with van der Waals surface area (Å²) < 4.78 is 11.4. The first-order valence-corrected chi connectivity index (χ1v) is 11.2. The van der Waals surface area contributed by atoms with E-state index in [0.717, 1.165) is 5.56 Å². The summed E-state index contributed by atoms with van der Waals surface area (Å²) in [6.45, 7) is 0.287. The van der Waals surface area contributed by atoms with Gasteiger partial charge in [0.25, 0.3) is 5.91 Å². The fourth-order valence-electron chi connectivity index (χ4n) is 3.40. The highest BCUT2D eigenvalue weighted by molar-refractivity contribution is 6.30. The number of ether oxygens (including phenoxy) is 2. The van der Waals surface area contributed by atoms with Gasteiger partial charge in [-0.25, -0.2) is 0 Å². The molecule has 34 heavy (non-hydrogen) atoms. The molecule has 1 amide bonds. The molecule has 0 bridgehead atoms. The third-order valence-corrected chi connectivity index (χ3v) is 5.37. The summed E-state index contributed by atoms with van der Waals surface area (Å²) >= 11 is 6.14. The zero-order valence-electron chi connectivity index (χ0n) is 18.4. The summed E-state index contributed by atoms with van der Waals surface area (Å²) in [4.78, 5) is 12.5. The number of benzene rings is 4. The van der Waals surface area contributed by atoms with Crippen molar-refractivity contribution in [1.82, 2.24) is 0 Å². The Morgan fingerprint density at radius 2 is 1.44 bits per heavy atom. The van der Waals surface area contributed by atoms with Crippen LogP contribution in [-0.2, 0) is 11.4 Å². The molecule has 5 nitrogen and oxygen atoms in total. The van der Waals surface area contributed by atoms with E-state index in [4.69, 9.17) is 21.1 Å². The second-order valence-corrected chi connectivity index (χ2v) is 8.06. The maximum Gasteiger partial charge on any atom is 0.262 e. The number of anilines is 1. The normalized spacial score (nSPS) is 11.5. The first-order chi connectivity index (χ1) is 16.6. The third kappa shape index (κ3) is 6.38. The van der Waals surface area contributed by atoms with E-state index < -0.39 is 6.10 Å². The Morgan fingerprint density at radius 3 is 2.12 bits per heavy atom. The van der Waals surface area contributed by atoms with Crippen LogP contribution in [0.15, 0.2) is 103 Å². The predicted molar refractivity (Wildman–Crippen MR) is 133 cm³/mol. The van der Waals surface area contributed by atoms with Crippen LogP contribution >= 0.6 is 11.6 Å². The van der Waals surface area contributed by atoms with Crippen molar-refractivity contribution in [2.45, 2.75) is 12.7 Å². The Bertz CT molecular complexity index is 1210. The summed E-state index contributed by atoms with van der Waals surface area (Å²) in [6.07, 6.45) is -0.931. The van der Waals surface area contributed by atoms with E-state index in [2.05, 4.69) is 5.32 Å². The lowest BCUT2D eigenvalue weighted by Crippen LogP contribution is -2.21. The highest BCUT2D eigenvalue weighted by Crippen LogP contribution is 2.31. The van der Waals surface area contributed by atoms with Gasteiger partial charge in [-0.3, -0.25) is 4.79 Å². The molecular formula is C28H24ClNO4. The molecule has 172 valence electrons. The van der Waals surface area contributed by atoms with E-state index in [0.29, 0.717) is 39.9 Å². The molecule has 0 aliphatic carbocycles. The molecule has 0 heterocycles. The molecule has 0 aromatic heterocycles. The van der Waals surface area contributed by atoms with E-state index in [1.807, 2.05) is 60.7 Å². The van der Waals surface area contributed by atoms with Gasteiger partial charge in [0.1, 0.15) is 24.2 Å². The van der Waals surface area contributed by atoms with Crippen molar-refractivity contribution < 1.29 is 19.4 Å².